The van der Waals surface area contributed by atoms with Gasteiger partial charge in [-0.1, -0.05) is 42.5 Å². The van der Waals surface area contributed by atoms with E-state index in [-0.39, 0.29) is 5.78 Å². The van der Waals surface area contributed by atoms with Crippen LogP contribution in [0.25, 0.3) is 11.1 Å². The maximum Gasteiger partial charge on any atom is 0.202 e. The second-order valence-corrected chi connectivity index (χ2v) is 5.74. The van der Waals surface area contributed by atoms with Crippen LogP contribution in [0.4, 0.5) is 0 Å². The van der Waals surface area contributed by atoms with Crippen LogP contribution >= 0.6 is 0 Å². The van der Waals surface area contributed by atoms with Gasteiger partial charge in [0.15, 0.2) is 6.10 Å². The highest BCUT2D eigenvalue weighted by atomic mass is 16.5. The first kappa shape index (κ1) is 16.8. The van der Waals surface area contributed by atoms with Crippen LogP contribution in [-0.2, 0) is 0 Å². The van der Waals surface area contributed by atoms with E-state index >= 15 is 0 Å². The molecule has 1 atom stereocenters. The molecule has 0 unspecified atom stereocenters. The first-order chi connectivity index (χ1) is 12.2. The van der Waals surface area contributed by atoms with Gasteiger partial charge in [0.05, 0.1) is 7.11 Å². The molecule has 0 saturated heterocycles. The number of methoxy groups -OCH3 is 1. The average Bonchev–Trinajstić information content (AvgIpc) is 2.68. The van der Waals surface area contributed by atoms with Crippen LogP contribution in [0.1, 0.15) is 17.3 Å². The van der Waals surface area contributed by atoms with Gasteiger partial charge in [0.2, 0.25) is 5.78 Å². The Hall–Kier alpha value is -3.07. The fraction of sp³-hybridized carbons (Fsp3) is 0.136. The molecule has 3 aromatic rings. The second-order valence-electron chi connectivity index (χ2n) is 5.74. The van der Waals surface area contributed by atoms with Crippen LogP contribution in [0.3, 0.4) is 0 Å². The first-order valence-electron chi connectivity index (χ1n) is 8.18. The van der Waals surface area contributed by atoms with E-state index in [0.29, 0.717) is 11.3 Å². The summed E-state index contributed by atoms with van der Waals surface area (Å²) in [5, 5.41) is 0. The Bertz CT molecular complexity index is 821. The van der Waals surface area contributed by atoms with E-state index in [9.17, 15) is 4.79 Å². The summed E-state index contributed by atoms with van der Waals surface area (Å²) in [6.45, 7) is 1.76. The summed E-state index contributed by atoms with van der Waals surface area (Å²) in [5.74, 6) is 1.34. The molecule has 0 heterocycles. The van der Waals surface area contributed by atoms with Crippen molar-refractivity contribution in [2.75, 3.05) is 7.11 Å². The van der Waals surface area contributed by atoms with E-state index < -0.39 is 6.10 Å². The monoisotopic (exact) mass is 332 g/mol. The van der Waals surface area contributed by atoms with E-state index in [4.69, 9.17) is 9.47 Å². The summed E-state index contributed by atoms with van der Waals surface area (Å²) in [6.07, 6.45) is -0.559. The maximum absolute atomic E-state index is 12.5. The molecule has 3 nitrogen and oxygen atoms in total. The summed E-state index contributed by atoms with van der Waals surface area (Å²) < 4.78 is 10.9. The molecule has 0 spiro atoms. The number of benzene rings is 3. The Kier molecular flexibility index (Phi) is 5.14. The molecule has 0 radical (unpaired) electrons. The van der Waals surface area contributed by atoms with Crippen molar-refractivity contribution >= 4 is 5.78 Å². The Labute approximate surface area is 147 Å². The molecule has 126 valence electrons. The Morgan fingerprint density at radius 2 is 1.32 bits per heavy atom. The third-order valence-electron chi connectivity index (χ3n) is 4.02. The number of ether oxygens (including phenoxy) is 2. The minimum atomic E-state index is -0.559. The molecule has 0 bridgehead atoms. The summed E-state index contributed by atoms with van der Waals surface area (Å²) >= 11 is 0. The number of hydrogen-bond donors (Lipinski definition) is 0. The molecule has 0 fully saturated rings. The molecular weight excluding hydrogens is 312 g/mol. The maximum atomic E-state index is 12.5. The molecule has 0 aliphatic heterocycles. The van der Waals surface area contributed by atoms with Crippen molar-refractivity contribution in [3.05, 3.63) is 84.4 Å². The Morgan fingerprint density at radius 1 is 0.760 bits per heavy atom. The van der Waals surface area contributed by atoms with Crippen LogP contribution in [-0.4, -0.2) is 19.0 Å². The molecular formula is C22H20O3. The number of carbonyl (C=O) groups is 1. The van der Waals surface area contributed by atoms with Gasteiger partial charge in [0.25, 0.3) is 0 Å². The van der Waals surface area contributed by atoms with Gasteiger partial charge in [-0.15, -0.1) is 0 Å². The summed E-state index contributed by atoms with van der Waals surface area (Å²) in [6, 6.07) is 24.9. The first-order valence-corrected chi connectivity index (χ1v) is 8.18. The van der Waals surface area contributed by atoms with E-state index in [1.165, 1.54) is 0 Å². The number of ketones is 1. The molecule has 0 saturated carbocycles. The normalized spacial score (nSPS) is 11.6. The Balaban J connectivity index is 1.67. The lowest BCUT2D eigenvalue weighted by molar-refractivity contribution is 0.0818. The van der Waals surface area contributed by atoms with Gasteiger partial charge in [-0.25, -0.2) is 0 Å². The van der Waals surface area contributed by atoms with E-state index in [0.717, 1.165) is 16.9 Å². The average molecular weight is 332 g/mol. The lowest BCUT2D eigenvalue weighted by Gasteiger charge is -2.14. The smallest absolute Gasteiger partial charge is 0.202 e. The van der Waals surface area contributed by atoms with Gasteiger partial charge < -0.3 is 9.47 Å². The molecule has 3 aromatic carbocycles. The quantitative estimate of drug-likeness (QED) is 0.595. The van der Waals surface area contributed by atoms with Gasteiger partial charge in [0, 0.05) is 5.56 Å². The van der Waals surface area contributed by atoms with Crippen LogP contribution in [0.15, 0.2) is 78.9 Å². The van der Waals surface area contributed by atoms with Crippen molar-refractivity contribution in [1.82, 2.24) is 0 Å². The van der Waals surface area contributed by atoms with Crippen molar-refractivity contribution < 1.29 is 14.3 Å². The number of Topliss-reactive ketones (excluding diaryl/α,β-unsaturated/α-hetero) is 1. The van der Waals surface area contributed by atoms with Crippen LogP contribution in [0.5, 0.6) is 11.5 Å². The lowest BCUT2D eigenvalue weighted by atomic mass is 10.1. The highest BCUT2D eigenvalue weighted by Gasteiger charge is 2.17. The van der Waals surface area contributed by atoms with Crippen molar-refractivity contribution in [2.24, 2.45) is 0 Å². The standard InChI is InChI=1S/C22H20O3/c1-16(22(23)19-10-12-20(24-2)13-11-19)25-21-14-8-18(9-15-21)17-6-4-3-5-7-17/h3-16H,1-2H3/t16-/m0/s1. The molecule has 0 aliphatic rings. The third-order valence-corrected chi connectivity index (χ3v) is 4.02. The van der Waals surface area contributed by atoms with Crippen molar-refractivity contribution in [2.45, 2.75) is 13.0 Å². The molecule has 3 heteroatoms. The van der Waals surface area contributed by atoms with Gasteiger partial charge in [-0.05, 0) is 54.4 Å². The van der Waals surface area contributed by atoms with E-state index in [2.05, 4.69) is 12.1 Å². The molecule has 0 aliphatic carbocycles. The summed E-state index contributed by atoms with van der Waals surface area (Å²) in [7, 11) is 1.60. The summed E-state index contributed by atoms with van der Waals surface area (Å²) in [5.41, 5.74) is 2.87. The van der Waals surface area contributed by atoms with E-state index in [1.807, 2.05) is 42.5 Å². The molecule has 25 heavy (non-hydrogen) atoms. The van der Waals surface area contributed by atoms with Gasteiger partial charge in [-0.2, -0.15) is 0 Å². The zero-order valence-corrected chi connectivity index (χ0v) is 14.3. The largest absolute Gasteiger partial charge is 0.497 e. The van der Waals surface area contributed by atoms with Crippen molar-refractivity contribution in [3.8, 4) is 22.6 Å². The van der Waals surface area contributed by atoms with Crippen molar-refractivity contribution in [1.29, 1.82) is 0 Å². The van der Waals surface area contributed by atoms with Crippen molar-refractivity contribution in [3.63, 3.8) is 0 Å². The molecule has 0 N–H and O–H groups in total. The number of rotatable bonds is 6. The minimum Gasteiger partial charge on any atom is -0.497 e. The topological polar surface area (TPSA) is 35.5 Å². The predicted octanol–water partition coefficient (Wildman–Crippen LogP) is 5.01. The van der Waals surface area contributed by atoms with E-state index in [1.54, 1.807) is 38.3 Å². The molecule has 3 rings (SSSR count). The van der Waals surface area contributed by atoms with Crippen LogP contribution in [0, 0.1) is 0 Å². The SMILES string of the molecule is COc1ccc(C(=O)[C@H](C)Oc2ccc(-c3ccccc3)cc2)cc1. The fourth-order valence-corrected chi connectivity index (χ4v) is 2.60. The summed E-state index contributed by atoms with van der Waals surface area (Å²) in [4.78, 5) is 12.5. The Morgan fingerprint density at radius 3 is 1.92 bits per heavy atom. The zero-order valence-electron chi connectivity index (χ0n) is 14.3. The number of hydrogen-bond acceptors (Lipinski definition) is 3. The number of carbonyl (C=O) groups excluding carboxylic acids is 1. The highest BCUT2D eigenvalue weighted by Crippen LogP contribution is 2.23. The highest BCUT2D eigenvalue weighted by molar-refractivity contribution is 5.99. The van der Waals surface area contributed by atoms with Gasteiger partial charge in [-0.3, -0.25) is 4.79 Å². The van der Waals surface area contributed by atoms with Gasteiger partial charge >= 0.3 is 0 Å². The fourth-order valence-electron chi connectivity index (χ4n) is 2.60. The predicted molar refractivity (Wildman–Crippen MR) is 99.3 cm³/mol. The lowest BCUT2D eigenvalue weighted by Crippen LogP contribution is -2.23. The van der Waals surface area contributed by atoms with Crippen LogP contribution in [0.2, 0.25) is 0 Å². The second kappa shape index (κ2) is 7.67. The molecule has 0 aromatic heterocycles. The molecule has 0 amide bonds. The third kappa shape index (κ3) is 4.07. The van der Waals surface area contributed by atoms with Crippen LogP contribution < -0.4 is 9.47 Å². The minimum absolute atomic E-state index is 0.0604. The van der Waals surface area contributed by atoms with Gasteiger partial charge in [0.1, 0.15) is 11.5 Å². The zero-order chi connectivity index (χ0) is 17.6.